The summed E-state index contributed by atoms with van der Waals surface area (Å²) >= 11 is 1.61. The van der Waals surface area contributed by atoms with Gasteiger partial charge in [0.25, 0.3) is 0 Å². The number of nitrogens with one attached hydrogen (secondary N) is 1. The third kappa shape index (κ3) is 4.97. The fourth-order valence-corrected chi connectivity index (χ4v) is 1.67. The molecule has 1 heterocycles. The lowest BCUT2D eigenvalue weighted by atomic mass is 10.2. The first-order valence-corrected chi connectivity index (χ1v) is 5.32. The highest BCUT2D eigenvalue weighted by Gasteiger charge is 1.97. The van der Waals surface area contributed by atoms with E-state index < -0.39 is 5.97 Å². The molecule has 0 aromatic carbocycles. The Balaban J connectivity index is 2.20. The van der Waals surface area contributed by atoms with E-state index in [1.54, 1.807) is 11.3 Å². The molecule has 1 amide bonds. The molecule has 4 nitrogen and oxygen atoms in total. The summed E-state index contributed by atoms with van der Waals surface area (Å²) in [5.74, 6) is -1.50. The molecule has 15 heavy (non-hydrogen) atoms. The number of rotatable bonds is 5. The van der Waals surface area contributed by atoms with Crippen molar-refractivity contribution in [1.82, 2.24) is 5.32 Å². The van der Waals surface area contributed by atoms with Crippen LogP contribution in [0, 0.1) is 0 Å². The molecule has 2 N–H and O–H groups in total. The number of carboxylic acids is 1. The smallest absolute Gasteiger partial charge is 0.328 e. The topological polar surface area (TPSA) is 66.4 Å². The average molecular weight is 225 g/mol. The molecule has 5 heteroatoms. The molecule has 0 unspecified atom stereocenters. The summed E-state index contributed by atoms with van der Waals surface area (Å²) in [6.45, 7) is 0.513. The molecule has 1 aromatic heterocycles. The molecule has 80 valence electrons. The molecule has 0 bridgehead atoms. The monoisotopic (exact) mass is 225 g/mol. The number of amides is 1. The molecule has 1 rings (SSSR count). The van der Waals surface area contributed by atoms with Crippen molar-refractivity contribution >= 4 is 23.2 Å². The van der Waals surface area contributed by atoms with Gasteiger partial charge >= 0.3 is 5.97 Å². The first-order valence-electron chi connectivity index (χ1n) is 4.38. The highest BCUT2D eigenvalue weighted by molar-refractivity contribution is 7.07. The fourth-order valence-electron chi connectivity index (χ4n) is 0.971. The second-order valence-corrected chi connectivity index (χ2v) is 3.62. The SMILES string of the molecule is O=C(O)/C=C/C(=O)NCCc1ccsc1. The van der Waals surface area contributed by atoms with Crippen LogP contribution in [0.2, 0.25) is 0 Å². The van der Waals surface area contributed by atoms with Gasteiger partial charge in [0.2, 0.25) is 5.91 Å². The van der Waals surface area contributed by atoms with E-state index in [1.165, 1.54) is 5.56 Å². The largest absolute Gasteiger partial charge is 0.478 e. The van der Waals surface area contributed by atoms with Crippen LogP contribution in [0.3, 0.4) is 0 Å². The molecule has 0 saturated heterocycles. The van der Waals surface area contributed by atoms with Crippen molar-refractivity contribution in [2.75, 3.05) is 6.54 Å². The van der Waals surface area contributed by atoms with E-state index in [0.29, 0.717) is 6.54 Å². The Morgan fingerprint density at radius 3 is 2.87 bits per heavy atom. The van der Waals surface area contributed by atoms with Crippen LogP contribution >= 0.6 is 11.3 Å². The maximum atomic E-state index is 11.0. The summed E-state index contributed by atoms with van der Waals surface area (Å²) in [5.41, 5.74) is 1.17. The number of hydrogen-bond acceptors (Lipinski definition) is 3. The Hall–Kier alpha value is -1.62. The number of carbonyl (C=O) groups is 2. The van der Waals surface area contributed by atoms with Gasteiger partial charge in [-0.25, -0.2) is 4.79 Å². The van der Waals surface area contributed by atoms with Gasteiger partial charge in [-0.15, -0.1) is 0 Å². The first-order chi connectivity index (χ1) is 7.18. The van der Waals surface area contributed by atoms with E-state index in [9.17, 15) is 9.59 Å². The first kappa shape index (κ1) is 11.5. The number of hydrogen-bond donors (Lipinski definition) is 2. The Morgan fingerprint density at radius 2 is 2.27 bits per heavy atom. The van der Waals surface area contributed by atoms with Crippen LogP contribution < -0.4 is 5.32 Å². The number of carboxylic acid groups (broad SMARTS) is 1. The minimum absolute atomic E-state index is 0.382. The molecule has 1 aromatic rings. The van der Waals surface area contributed by atoms with Gasteiger partial charge in [-0.3, -0.25) is 4.79 Å². The molecule has 0 atom stereocenters. The standard InChI is InChI=1S/C10H11NO3S/c12-9(1-2-10(13)14)11-5-3-8-4-6-15-7-8/h1-2,4,6-7H,3,5H2,(H,11,12)(H,13,14)/b2-1+. The van der Waals surface area contributed by atoms with Crippen molar-refractivity contribution in [3.05, 3.63) is 34.5 Å². The molecule has 0 radical (unpaired) electrons. The van der Waals surface area contributed by atoms with Gasteiger partial charge in [0.1, 0.15) is 0 Å². The predicted molar refractivity (Wildman–Crippen MR) is 57.8 cm³/mol. The second kappa shape index (κ2) is 5.98. The minimum Gasteiger partial charge on any atom is -0.478 e. The van der Waals surface area contributed by atoms with Crippen molar-refractivity contribution < 1.29 is 14.7 Å². The van der Waals surface area contributed by atoms with E-state index in [4.69, 9.17) is 5.11 Å². The van der Waals surface area contributed by atoms with Crippen LogP contribution in [-0.2, 0) is 16.0 Å². The highest BCUT2D eigenvalue weighted by Crippen LogP contribution is 2.05. The van der Waals surface area contributed by atoms with Gasteiger partial charge in [-0.1, -0.05) is 0 Å². The van der Waals surface area contributed by atoms with Gasteiger partial charge in [0.05, 0.1) is 0 Å². The van der Waals surface area contributed by atoms with Crippen LogP contribution in [0.25, 0.3) is 0 Å². The van der Waals surface area contributed by atoms with Crippen molar-refractivity contribution in [3.8, 4) is 0 Å². The molecule has 0 spiro atoms. The summed E-state index contributed by atoms with van der Waals surface area (Å²) < 4.78 is 0. The van der Waals surface area contributed by atoms with Crippen LogP contribution in [0.5, 0.6) is 0 Å². The normalized spacial score (nSPS) is 10.4. The van der Waals surface area contributed by atoms with Crippen molar-refractivity contribution in [2.45, 2.75) is 6.42 Å². The maximum absolute atomic E-state index is 11.0. The van der Waals surface area contributed by atoms with Crippen LogP contribution in [0.15, 0.2) is 29.0 Å². The van der Waals surface area contributed by atoms with Gasteiger partial charge in [0, 0.05) is 18.7 Å². The van der Waals surface area contributed by atoms with Gasteiger partial charge in [-0.2, -0.15) is 11.3 Å². The lowest BCUT2D eigenvalue weighted by Gasteiger charge is -1.99. The molecule has 0 saturated carbocycles. The van der Waals surface area contributed by atoms with Gasteiger partial charge in [-0.05, 0) is 28.8 Å². The zero-order valence-corrected chi connectivity index (χ0v) is 8.79. The average Bonchev–Trinajstić information content (AvgIpc) is 2.67. The van der Waals surface area contributed by atoms with Gasteiger partial charge < -0.3 is 10.4 Å². The summed E-state index contributed by atoms with van der Waals surface area (Å²) in [5, 5.41) is 14.9. The summed E-state index contributed by atoms with van der Waals surface area (Å²) in [6, 6.07) is 1.99. The Kier molecular flexibility index (Phi) is 4.56. The van der Waals surface area contributed by atoms with Crippen LogP contribution in [0.1, 0.15) is 5.56 Å². The van der Waals surface area contributed by atoms with Crippen molar-refractivity contribution in [2.24, 2.45) is 0 Å². The lowest BCUT2D eigenvalue weighted by Crippen LogP contribution is -2.23. The highest BCUT2D eigenvalue weighted by atomic mass is 32.1. The summed E-state index contributed by atoms with van der Waals surface area (Å²) in [6.07, 6.45) is 2.59. The molecule has 0 aliphatic carbocycles. The molecule has 0 aliphatic rings. The van der Waals surface area contributed by atoms with Crippen LogP contribution in [-0.4, -0.2) is 23.5 Å². The minimum atomic E-state index is -1.12. The van der Waals surface area contributed by atoms with Crippen LogP contribution in [0.4, 0.5) is 0 Å². The third-order valence-corrected chi connectivity index (χ3v) is 2.40. The van der Waals surface area contributed by atoms with E-state index in [1.807, 2.05) is 16.8 Å². The summed E-state index contributed by atoms with van der Waals surface area (Å²) in [7, 11) is 0. The quantitative estimate of drug-likeness (QED) is 0.736. The Labute approximate surface area is 91.2 Å². The zero-order chi connectivity index (χ0) is 11.1. The lowest BCUT2D eigenvalue weighted by molar-refractivity contribution is -0.131. The van der Waals surface area contributed by atoms with Gasteiger partial charge in [0.15, 0.2) is 0 Å². The van der Waals surface area contributed by atoms with E-state index >= 15 is 0 Å². The number of carbonyl (C=O) groups excluding carboxylic acids is 1. The summed E-state index contributed by atoms with van der Waals surface area (Å²) in [4.78, 5) is 21.1. The zero-order valence-electron chi connectivity index (χ0n) is 7.97. The predicted octanol–water partition coefficient (Wildman–Crippen LogP) is 1.05. The molecular formula is C10H11NO3S. The fraction of sp³-hybridized carbons (Fsp3) is 0.200. The van der Waals surface area contributed by atoms with Crippen molar-refractivity contribution in [1.29, 1.82) is 0 Å². The van der Waals surface area contributed by atoms with E-state index in [-0.39, 0.29) is 5.91 Å². The Morgan fingerprint density at radius 1 is 1.47 bits per heavy atom. The second-order valence-electron chi connectivity index (χ2n) is 2.84. The van der Waals surface area contributed by atoms with E-state index in [0.717, 1.165) is 18.6 Å². The molecule has 0 aliphatic heterocycles. The Bertz CT molecular complexity index is 357. The number of aliphatic carboxylic acids is 1. The van der Waals surface area contributed by atoms with Crippen molar-refractivity contribution in [3.63, 3.8) is 0 Å². The molecular weight excluding hydrogens is 214 g/mol. The third-order valence-electron chi connectivity index (χ3n) is 1.67. The number of thiophene rings is 1. The van der Waals surface area contributed by atoms with E-state index in [2.05, 4.69) is 5.32 Å². The molecule has 0 fully saturated rings. The maximum Gasteiger partial charge on any atom is 0.328 e.